The van der Waals surface area contributed by atoms with Gasteiger partial charge in [-0.15, -0.1) is 11.6 Å². The summed E-state index contributed by atoms with van der Waals surface area (Å²) in [6.45, 7) is 0. The Labute approximate surface area is 79.7 Å². The fraction of sp³-hybridized carbons (Fsp3) is 0.800. The summed E-state index contributed by atoms with van der Waals surface area (Å²) < 4.78 is 26.3. The standard InChI is InChI=1S/C5H6Cl2O4S/c6-3-1-12(9,10)2-4(3)11-5(7)8/h3-4H,1-2H2/t3-,4+/m1/s1. The molecule has 0 aromatic carbocycles. The Morgan fingerprint density at radius 2 is 2.00 bits per heavy atom. The van der Waals surface area contributed by atoms with E-state index in [4.69, 9.17) is 23.2 Å². The minimum Gasteiger partial charge on any atom is -0.448 e. The van der Waals surface area contributed by atoms with E-state index in [1.165, 1.54) is 0 Å². The second-order valence-corrected chi connectivity index (χ2v) is 5.51. The van der Waals surface area contributed by atoms with Gasteiger partial charge in [-0.2, -0.15) is 0 Å². The zero-order valence-electron chi connectivity index (χ0n) is 5.87. The minimum atomic E-state index is -3.16. The van der Waals surface area contributed by atoms with Crippen molar-refractivity contribution in [2.24, 2.45) is 0 Å². The predicted octanol–water partition coefficient (Wildman–Crippen LogP) is 0.766. The van der Waals surface area contributed by atoms with E-state index in [9.17, 15) is 13.2 Å². The van der Waals surface area contributed by atoms with Crippen molar-refractivity contribution in [3.8, 4) is 0 Å². The molecule has 0 N–H and O–H groups in total. The third kappa shape index (κ3) is 2.50. The maximum absolute atomic E-state index is 10.9. The molecule has 0 radical (unpaired) electrons. The van der Waals surface area contributed by atoms with Crippen molar-refractivity contribution >= 4 is 38.5 Å². The predicted molar refractivity (Wildman–Crippen MR) is 44.4 cm³/mol. The quantitative estimate of drug-likeness (QED) is 0.495. The molecule has 1 rings (SSSR count). The molecule has 0 aliphatic carbocycles. The maximum atomic E-state index is 10.9. The van der Waals surface area contributed by atoms with Crippen molar-refractivity contribution in [2.75, 3.05) is 11.5 Å². The van der Waals surface area contributed by atoms with Crippen LogP contribution in [0.1, 0.15) is 0 Å². The van der Waals surface area contributed by atoms with E-state index >= 15 is 0 Å². The van der Waals surface area contributed by atoms with Crippen LogP contribution in [-0.4, -0.2) is 36.8 Å². The highest BCUT2D eigenvalue weighted by Crippen LogP contribution is 2.21. The van der Waals surface area contributed by atoms with E-state index < -0.39 is 26.7 Å². The SMILES string of the molecule is O=C(Cl)O[C@H]1CS(=O)(=O)C[C@H]1Cl. The molecule has 1 saturated heterocycles. The lowest BCUT2D eigenvalue weighted by Gasteiger charge is -2.09. The Morgan fingerprint density at radius 1 is 1.42 bits per heavy atom. The summed E-state index contributed by atoms with van der Waals surface area (Å²) in [5.74, 6) is -0.400. The number of alkyl halides is 1. The van der Waals surface area contributed by atoms with Gasteiger partial charge in [0.1, 0.15) is 6.10 Å². The number of hydrogen-bond acceptors (Lipinski definition) is 4. The first-order valence-electron chi connectivity index (χ1n) is 3.11. The van der Waals surface area contributed by atoms with E-state index in [1.54, 1.807) is 0 Å². The fourth-order valence-electron chi connectivity index (χ4n) is 1.000. The van der Waals surface area contributed by atoms with Crippen molar-refractivity contribution < 1.29 is 17.9 Å². The summed E-state index contributed by atoms with van der Waals surface area (Å²) in [4.78, 5) is 10.2. The molecule has 0 aromatic heterocycles. The van der Waals surface area contributed by atoms with E-state index in [2.05, 4.69) is 4.74 Å². The molecular weight excluding hydrogens is 227 g/mol. The lowest BCUT2D eigenvalue weighted by molar-refractivity contribution is 0.136. The topological polar surface area (TPSA) is 60.4 Å². The molecule has 1 aliphatic heterocycles. The van der Waals surface area contributed by atoms with Crippen molar-refractivity contribution in [1.82, 2.24) is 0 Å². The first-order valence-corrected chi connectivity index (χ1v) is 5.75. The van der Waals surface area contributed by atoms with E-state index in [1.807, 2.05) is 0 Å². The lowest BCUT2D eigenvalue weighted by Crippen LogP contribution is -2.23. The summed E-state index contributed by atoms with van der Waals surface area (Å²) in [5.41, 5.74) is -1.03. The van der Waals surface area contributed by atoms with Gasteiger partial charge in [0.2, 0.25) is 0 Å². The summed E-state index contributed by atoms with van der Waals surface area (Å²) >= 11 is 10.5. The molecule has 7 heteroatoms. The van der Waals surface area contributed by atoms with Crippen LogP contribution in [0.25, 0.3) is 0 Å². The first kappa shape index (κ1) is 10.1. The average Bonchev–Trinajstić information content (AvgIpc) is 2.03. The number of rotatable bonds is 1. The Bertz CT molecular complexity index is 286. The lowest BCUT2D eigenvalue weighted by atomic mass is 10.3. The molecule has 2 atom stereocenters. The number of sulfone groups is 1. The molecule has 0 aromatic rings. The first-order chi connectivity index (χ1) is 5.41. The second kappa shape index (κ2) is 3.40. The van der Waals surface area contributed by atoms with Crippen molar-refractivity contribution in [1.29, 1.82) is 0 Å². The van der Waals surface area contributed by atoms with Crippen LogP contribution >= 0.6 is 23.2 Å². The molecule has 0 unspecified atom stereocenters. The van der Waals surface area contributed by atoms with E-state index in [0.717, 1.165) is 0 Å². The smallest absolute Gasteiger partial charge is 0.404 e. The van der Waals surface area contributed by atoms with Gasteiger partial charge in [0.15, 0.2) is 9.84 Å². The summed E-state index contributed by atoms with van der Waals surface area (Å²) in [6, 6.07) is 0. The van der Waals surface area contributed by atoms with Gasteiger partial charge in [-0.3, -0.25) is 0 Å². The van der Waals surface area contributed by atoms with Crippen LogP contribution in [0.4, 0.5) is 4.79 Å². The summed E-state index contributed by atoms with van der Waals surface area (Å²) in [6.07, 6.45) is -0.804. The van der Waals surface area contributed by atoms with E-state index in [0.29, 0.717) is 0 Å². The Morgan fingerprint density at radius 3 is 2.33 bits per heavy atom. The van der Waals surface area contributed by atoms with Gasteiger partial charge < -0.3 is 4.74 Å². The zero-order chi connectivity index (χ0) is 9.35. The number of halogens is 2. The average molecular weight is 233 g/mol. The van der Waals surface area contributed by atoms with Crippen LogP contribution < -0.4 is 0 Å². The summed E-state index contributed by atoms with van der Waals surface area (Å²) in [7, 11) is -3.16. The highest BCUT2D eigenvalue weighted by molar-refractivity contribution is 7.91. The fourth-order valence-corrected chi connectivity index (χ4v) is 3.57. The highest BCUT2D eigenvalue weighted by atomic mass is 35.5. The number of ether oxygens (including phenoxy) is 1. The third-order valence-electron chi connectivity index (χ3n) is 1.48. The van der Waals surface area contributed by atoms with Crippen molar-refractivity contribution in [2.45, 2.75) is 11.5 Å². The molecule has 1 heterocycles. The molecule has 0 saturated carbocycles. The van der Waals surface area contributed by atoms with E-state index in [-0.39, 0.29) is 11.5 Å². The molecule has 70 valence electrons. The molecule has 0 amide bonds. The Balaban J connectivity index is 2.64. The van der Waals surface area contributed by atoms with Gasteiger partial charge in [0.25, 0.3) is 0 Å². The molecular formula is C5H6Cl2O4S. The molecule has 0 bridgehead atoms. The molecule has 12 heavy (non-hydrogen) atoms. The van der Waals surface area contributed by atoms with Crippen LogP contribution in [-0.2, 0) is 14.6 Å². The molecule has 4 nitrogen and oxygen atoms in total. The number of hydrogen-bond donors (Lipinski definition) is 0. The minimum absolute atomic E-state index is 0.163. The zero-order valence-corrected chi connectivity index (χ0v) is 8.19. The van der Waals surface area contributed by atoms with Crippen molar-refractivity contribution in [3.63, 3.8) is 0 Å². The number of carbonyl (C=O) groups is 1. The highest BCUT2D eigenvalue weighted by Gasteiger charge is 2.38. The van der Waals surface area contributed by atoms with Crippen molar-refractivity contribution in [3.05, 3.63) is 0 Å². The molecule has 0 spiro atoms. The molecule has 1 fully saturated rings. The van der Waals surface area contributed by atoms with Gasteiger partial charge in [-0.25, -0.2) is 13.2 Å². The monoisotopic (exact) mass is 232 g/mol. The Hall–Kier alpha value is -0.000000000000000111. The van der Waals surface area contributed by atoms with Gasteiger partial charge in [-0.05, 0) is 0 Å². The largest absolute Gasteiger partial charge is 0.448 e. The van der Waals surface area contributed by atoms with Crippen LogP contribution in [0.5, 0.6) is 0 Å². The second-order valence-electron chi connectivity index (χ2n) is 2.49. The summed E-state index contributed by atoms with van der Waals surface area (Å²) in [5, 5.41) is -0.683. The van der Waals surface area contributed by atoms with Gasteiger partial charge in [0.05, 0.1) is 16.9 Å². The molecule has 1 aliphatic rings. The van der Waals surface area contributed by atoms with Gasteiger partial charge in [0, 0.05) is 11.6 Å². The maximum Gasteiger partial charge on any atom is 0.404 e. The third-order valence-corrected chi connectivity index (χ3v) is 3.89. The van der Waals surface area contributed by atoms with Crippen LogP contribution in [0, 0.1) is 0 Å². The number of carbonyl (C=O) groups excluding carboxylic acids is 1. The normalized spacial score (nSPS) is 33.2. The Kier molecular flexibility index (Phi) is 2.85. The van der Waals surface area contributed by atoms with Gasteiger partial charge >= 0.3 is 5.43 Å². The van der Waals surface area contributed by atoms with Crippen LogP contribution in [0.2, 0.25) is 0 Å². The van der Waals surface area contributed by atoms with Gasteiger partial charge in [-0.1, -0.05) is 0 Å². The van der Waals surface area contributed by atoms with Crippen LogP contribution in [0.3, 0.4) is 0 Å². The van der Waals surface area contributed by atoms with Crippen LogP contribution in [0.15, 0.2) is 0 Å².